The lowest BCUT2D eigenvalue weighted by atomic mass is 9.85. The molecule has 204 valence electrons. The molecule has 1 aliphatic heterocycles. The number of halogens is 5. The zero-order valence-electron chi connectivity index (χ0n) is 20.5. The molecule has 1 aromatic heterocycles. The normalized spacial score (nSPS) is 22.7. The van der Waals surface area contributed by atoms with E-state index in [0.717, 1.165) is 30.5 Å². The van der Waals surface area contributed by atoms with Gasteiger partial charge in [0.15, 0.2) is 5.60 Å². The van der Waals surface area contributed by atoms with Gasteiger partial charge >= 0.3 is 0 Å². The van der Waals surface area contributed by atoms with E-state index < -0.39 is 46.7 Å². The summed E-state index contributed by atoms with van der Waals surface area (Å²) in [6, 6.07) is 9.97. The Bertz CT molecular complexity index is 1430. The van der Waals surface area contributed by atoms with Crippen LogP contribution in [-0.2, 0) is 10.4 Å². The summed E-state index contributed by atoms with van der Waals surface area (Å²) in [5.41, 5.74) is -3.15. The molecule has 39 heavy (non-hydrogen) atoms. The number of rotatable bonds is 6. The number of benzene rings is 2. The van der Waals surface area contributed by atoms with E-state index in [4.69, 9.17) is 11.6 Å². The molecule has 11 heteroatoms. The van der Waals surface area contributed by atoms with Gasteiger partial charge in [0.2, 0.25) is 0 Å². The summed E-state index contributed by atoms with van der Waals surface area (Å²) in [4.78, 5) is 31.2. The maximum Gasteiger partial charge on any atom is 0.281 e. The van der Waals surface area contributed by atoms with Crippen molar-refractivity contribution in [3.8, 4) is 0 Å². The van der Waals surface area contributed by atoms with Crippen LogP contribution < -0.4 is 10.2 Å². The number of carbonyl (C=O) groups excluding carboxylic acids is 2. The maximum absolute atomic E-state index is 14.7. The number of fused-ring (bicyclic) bond motifs is 1. The molecule has 1 fully saturated rings. The van der Waals surface area contributed by atoms with E-state index >= 15 is 0 Å². The minimum absolute atomic E-state index is 0.0145. The van der Waals surface area contributed by atoms with Gasteiger partial charge in [-0.05, 0) is 61.9 Å². The minimum Gasteiger partial charge on any atom is -0.372 e. The minimum atomic E-state index is -2.93. The number of hydrogen-bond donors (Lipinski definition) is 2. The van der Waals surface area contributed by atoms with Crippen LogP contribution in [0.2, 0.25) is 5.02 Å². The van der Waals surface area contributed by atoms with E-state index in [2.05, 4.69) is 10.3 Å². The zero-order chi connectivity index (χ0) is 27.9. The average Bonchev–Trinajstić information content (AvgIpc) is 3.13. The molecule has 0 spiro atoms. The van der Waals surface area contributed by atoms with Crippen LogP contribution in [0.3, 0.4) is 0 Å². The van der Waals surface area contributed by atoms with E-state index in [1.807, 2.05) is 0 Å². The lowest BCUT2D eigenvalue weighted by Gasteiger charge is -2.32. The van der Waals surface area contributed by atoms with Crippen LogP contribution in [0, 0.1) is 17.6 Å². The highest BCUT2D eigenvalue weighted by Crippen LogP contribution is 2.46. The highest BCUT2D eigenvalue weighted by molar-refractivity contribution is 6.30. The van der Waals surface area contributed by atoms with E-state index in [9.17, 15) is 32.3 Å². The lowest BCUT2D eigenvalue weighted by Crippen LogP contribution is -2.45. The Labute approximate surface area is 226 Å². The monoisotopic (exact) mass is 561 g/mol. The molecular weight excluding hydrogens is 538 g/mol. The van der Waals surface area contributed by atoms with Gasteiger partial charge in [-0.3, -0.25) is 14.6 Å². The molecule has 3 aromatic rings. The van der Waals surface area contributed by atoms with Gasteiger partial charge < -0.3 is 15.3 Å². The molecular formula is C28H24ClF4N3O3. The van der Waals surface area contributed by atoms with Gasteiger partial charge in [0.25, 0.3) is 18.2 Å². The average molecular weight is 562 g/mol. The van der Waals surface area contributed by atoms with Crippen molar-refractivity contribution < 1.29 is 32.3 Å². The summed E-state index contributed by atoms with van der Waals surface area (Å²) in [6.07, 6.45) is 0.381. The second-order valence-electron chi connectivity index (χ2n) is 9.85. The first kappa shape index (κ1) is 27.1. The summed E-state index contributed by atoms with van der Waals surface area (Å²) in [6.45, 7) is 0.226. The molecule has 1 unspecified atom stereocenters. The van der Waals surface area contributed by atoms with Gasteiger partial charge in [-0.2, -0.15) is 0 Å². The number of para-hydroxylation sites is 1. The maximum atomic E-state index is 14.7. The number of aromatic nitrogens is 1. The molecule has 1 saturated carbocycles. The third kappa shape index (κ3) is 4.98. The van der Waals surface area contributed by atoms with Crippen molar-refractivity contribution in [1.29, 1.82) is 0 Å². The van der Waals surface area contributed by atoms with Gasteiger partial charge in [0.1, 0.15) is 17.3 Å². The van der Waals surface area contributed by atoms with Crippen molar-refractivity contribution in [3.63, 3.8) is 0 Å². The van der Waals surface area contributed by atoms with Crippen LogP contribution in [0.1, 0.15) is 59.3 Å². The van der Waals surface area contributed by atoms with Crippen LogP contribution in [0.25, 0.3) is 0 Å². The fraction of sp³-hybridized carbons (Fsp3) is 0.321. The smallest absolute Gasteiger partial charge is 0.281 e. The summed E-state index contributed by atoms with van der Waals surface area (Å²) in [5, 5.41) is 14.4. The second kappa shape index (κ2) is 10.6. The summed E-state index contributed by atoms with van der Waals surface area (Å²) in [7, 11) is 0. The second-order valence-corrected chi connectivity index (χ2v) is 10.3. The molecule has 2 heterocycles. The van der Waals surface area contributed by atoms with Gasteiger partial charge in [0.05, 0.1) is 16.3 Å². The lowest BCUT2D eigenvalue weighted by molar-refractivity contribution is -0.132. The van der Waals surface area contributed by atoms with Crippen LogP contribution in [0.4, 0.5) is 23.2 Å². The number of anilines is 1. The van der Waals surface area contributed by atoms with E-state index in [0.29, 0.717) is 31.4 Å². The Morgan fingerprint density at radius 2 is 1.82 bits per heavy atom. The van der Waals surface area contributed by atoms with Gasteiger partial charge in [-0.1, -0.05) is 29.8 Å². The number of hydrogen-bond acceptors (Lipinski definition) is 4. The summed E-state index contributed by atoms with van der Waals surface area (Å²) in [5.74, 6) is -3.14. The molecule has 1 aliphatic carbocycles. The molecule has 2 aromatic carbocycles. The van der Waals surface area contributed by atoms with Gasteiger partial charge in [-0.15, -0.1) is 0 Å². The molecule has 6 nitrogen and oxygen atoms in total. The van der Waals surface area contributed by atoms with Crippen molar-refractivity contribution >= 4 is 29.1 Å². The Hall–Kier alpha value is -3.50. The van der Waals surface area contributed by atoms with Crippen molar-refractivity contribution in [1.82, 2.24) is 10.3 Å². The number of amides is 2. The van der Waals surface area contributed by atoms with Crippen LogP contribution >= 0.6 is 11.6 Å². The third-order valence-electron chi connectivity index (χ3n) is 7.42. The van der Waals surface area contributed by atoms with Crippen molar-refractivity contribution in [3.05, 3.63) is 93.8 Å². The van der Waals surface area contributed by atoms with Gasteiger partial charge in [0, 0.05) is 29.9 Å². The van der Waals surface area contributed by atoms with Crippen molar-refractivity contribution in [2.24, 2.45) is 5.92 Å². The first-order valence-electron chi connectivity index (χ1n) is 12.4. The molecule has 0 radical (unpaired) electrons. The molecule has 2 N–H and O–H groups in total. The number of nitrogens with one attached hydrogen (secondary N) is 1. The molecule has 0 saturated heterocycles. The van der Waals surface area contributed by atoms with E-state index in [1.54, 1.807) is 18.2 Å². The van der Waals surface area contributed by atoms with Gasteiger partial charge in [-0.25, -0.2) is 17.6 Å². The predicted molar refractivity (Wildman–Crippen MR) is 136 cm³/mol. The van der Waals surface area contributed by atoms with E-state index in [1.165, 1.54) is 11.0 Å². The Morgan fingerprint density at radius 1 is 1.10 bits per heavy atom. The molecule has 0 bridgehead atoms. The Balaban J connectivity index is 1.29. The van der Waals surface area contributed by atoms with Crippen molar-refractivity contribution in [2.75, 3.05) is 11.4 Å². The first-order chi connectivity index (χ1) is 18.6. The zero-order valence-corrected chi connectivity index (χ0v) is 21.3. The topological polar surface area (TPSA) is 82.5 Å². The fourth-order valence-corrected chi connectivity index (χ4v) is 5.63. The Morgan fingerprint density at radius 3 is 2.54 bits per heavy atom. The highest BCUT2D eigenvalue weighted by atomic mass is 35.5. The SMILES string of the molecule is O=C(NC1CCC(CN2C(=O)C(O)(c3cc(F)ccc3F)c3ccccc32)CC1)c1cc(Cl)cnc1C(F)F. The summed E-state index contributed by atoms with van der Waals surface area (Å²) < 4.78 is 55.3. The quantitative estimate of drug-likeness (QED) is 0.388. The summed E-state index contributed by atoms with van der Waals surface area (Å²) >= 11 is 5.85. The number of alkyl halides is 2. The number of aliphatic hydroxyl groups is 1. The predicted octanol–water partition coefficient (Wildman–Crippen LogP) is 5.52. The van der Waals surface area contributed by atoms with Crippen molar-refractivity contribution in [2.45, 2.75) is 43.8 Å². The Kier molecular flexibility index (Phi) is 7.35. The van der Waals surface area contributed by atoms with E-state index in [-0.39, 0.29) is 34.7 Å². The largest absolute Gasteiger partial charge is 0.372 e. The standard InChI is InChI=1S/C28H24ClF4N3O3/c29-16-11-19(24(25(32)33)34-13-16)26(37)35-18-8-5-15(6-9-18)14-36-23-4-2-1-3-20(23)28(39,27(36)38)21-12-17(30)7-10-22(21)31/h1-4,7,10-13,15,18,25,39H,5-6,8-9,14H2,(H,35,37). The highest BCUT2D eigenvalue weighted by Gasteiger charge is 2.52. The number of pyridine rings is 1. The molecule has 5 rings (SSSR count). The number of nitrogens with zero attached hydrogens (tertiary/aromatic N) is 2. The molecule has 2 amide bonds. The number of carbonyl (C=O) groups is 2. The fourth-order valence-electron chi connectivity index (χ4n) is 5.47. The van der Waals surface area contributed by atoms with Crippen LogP contribution in [0.5, 0.6) is 0 Å². The van der Waals surface area contributed by atoms with Crippen LogP contribution in [0.15, 0.2) is 54.7 Å². The first-order valence-corrected chi connectivity index (χ1v) is 12.8. The molecule has 1 atom stereocenters. The van der Waals surface area contributed by atoms with Crippen LogP contribution in [-0.4, -0.2) is 34.5 Å². The third-order valence-corrected chi connectivity index (χ3v) is 7.62. The molecule has 2 aliphatic rings.